The van der Waals surface area contributed by atoms with E-state index in [9.17, 15) is 4.79 Å². The standard InChI is InChI=1S/C19H25N5O/c1-13-4-5-16-15(11-13)19(22-12-21-16)23-9-6-14(7-10-23)24-8-2-3-17(24)18(20)25/h4-5,11-12,14,17H,2-3,6-10H2,1H3,(H2,20,25). The molecule has 0 aliphatic carbocycles. The van der Waals surface area contributed by atoms with Crippen LogP contribution in [0.4, 0.5) is 5.82 Å². The Labute approximate surface area is 148 Å². The lowest BCUT2D eigenvalue weighted by atomic mass is 10.0. The van der Waals surface area contributed by atoms with Crippen LogP contribution in [0.1, 0.15) is 31.2 Å². The first kappa shape index (κ1) is 16.3. The third-order valence-corrected chi connectivity index (χ3v) is 5.63. The number of carbonyl (C=O) groups excluding carboxylic acids is 1. The Morgan fingerprint density at radius 1 is 1.16 bits per heavy atom. The number of aromatic nitrogens is 2. The number of amides is 1. The summed E-state index contributed by atoms with van der Waals surface area (Å²) in [6, 6.07) is 6.69. The highest BCUT2D eigenvalue weighted by Crippen LogP contribution is 2.30. The topological polar surface area (TPSA) is 75.3 Å². The summed E-state index contributed by atoms with van der Waals surface area (Å²) in [5.41, 5.74) is 7.80. The van der Waals surface area contributed by atoms with Gasteiger partial charge in [0.05, 0.1) is 11.6 Å². The second-order valence-corrected chi connectivity index (χ2v) is 7.23. The number of primary amides is 1. The summed E-state index contributed by atoms with van der Waals surface area (Å²) in [4.78, 5) is 25.3. The maximum absolute atomic E-state index is 11.7. The molecule has 6 heteroatoms. The lowest BCUT2D eigenvalue weighted by Gasteiger charge is -2.39. The van der Waals surface area contributed by atoms with Gasteiger partial charge in [-0.1, -0.05) is 11.6 Å². The number of carbonyl (C=O) groups is 1. The molecule has 0 saturated carbocycles. The number of anilines is 1. The minimum atomic E-state index is -0.169. The van der Waals surface area contributed by atoms with E-state index < -0.39 is 0 Å². The van der Waals surface area contributed by atoms with Crippen molar-refractivity contribution in [1.82, 2.24) is 14.9 Å². The molecule has 2 saturated heterocycles. The van der Waals surface area contributed by atoms with E-state index in [-0.39, 0.29) is 11.9 Å². The Hall–Kier alpha value is -2.21. The molecule has 2 aromatic rings. The van der Waals surface area contributed by atoms with Crippen LogP contribution in [0.25, 0.3) is 10.9 Å². The van der Waals surface area contributed by atoms with E-state index in [1.54, 1.807) is 6.33 Å². The molecule has 1 amide bonds. The lowest BCUT2D eigenvalue weighted by molar-refractivity contribution is -0.123. The second kappa shape index (κ2) is 6.59. The average molecular weight is 339 g/mol. The fourth-order valence-corrected chi connectivity index (χ4v) is 4.35. The lowest BCUT2D eigenvalue weighted by Crippen LogP contribution is -2.50. The van der Waals surface area contributed by atoms with Crippen molar-refractivity contribution in [3.05, 3.63) is 30.1 Å². The molecule has 0 radical (unpaired) electrons. The molecule has 2 N–H and O–H groups in total. The maximum atomic E-state index is 11.7. The molecule has 132 valence electrons. The van der Waals surface area contributed by atoms with Gasteiger partial charge in [-0.3, -0.25) is 9.69 Å². The monoisotopic (exact) mass is 339 g/mol. The Balaban J connectivity index is 1.51. The average Bonchev–Trinajstić information content (AvgIpc) is 3.11. The molecule has 25 heavy (non-hydrogen) atoms. The number of benzene rings is 1. The Bertz CT molecular complexity index is 784. The van der Waals surface area contributed by atoms with Gasteiger partial charge in [0.1, 0.15) is 12.1 Å². The van der Waals surface area contributed by atoms with Gasteiger partial charge in [0.2, 0.25) is 5.91 Å². The third kappa shape index (κ3) is 3.06. The smallest absolute Gasteiger partial charge is 0.234 e. The van der Waals surface area contributed by atoms with E-state index in [2.05, 4.69) is 44.9 Å². The molecule has 3 heterocycles. The molecule has 1 atom stereocenters. The summed E-state index contributed by atoms with van der Waals surface area (Å²) in [5.74, 6) is 0.859. The molecule has 0 bridgehead atoms. The number of hydrogen-bond acceptors (Lipinski definition) is 5. The van der Waals surface area contributed by atoms with Gasteiger partial charge in [-0.25, -0.2) is 9.97 Å². The van der Waals surface area contributed by atoms with Gasteiger partial charge in [0.25, 0.3) is 0 Å². The van der Waals surface area contributed by atoms with Gasteiger partial charge in [0, 0.05) is 24.5 Å². The molecule has 4 rings (SSSR count). The minimum absolute atomic E-state index is 0.0703. The fourth-order valence-electron chi connectivity index (χ4n) is 4.35. The molecule has 1 unspecified atom stereocenters. The molecule has 1 aromatic carbocycles. The molecule has 2 fully saturated rings. The van der Waals surface area contributed by atoms with E-state index in [1.165, 1.54) is 5.56 Å². The number of nitrogens with zero attached hydrogens (tertiary/aromatic N) is 4. The van der Waals surface area contributed by atoms with Gasteiger partial charge < -0.3 is 10.6 Å². The highest BCUT2D eigenvalue weighted by Gasteiger charge is 2.35. The molecule has 6 nitrogen and oxygen atoms in total. The summed E-state index contributed by atoms with van der Waals surface area (Å²) >= 11 is 0. The van der Waals surface area contributed by atoms with Gasteiger partial charge in [-0.15, -0.1) is 0 Å². The number of hydrogen-bond donors (Lipinski definition) is 1. The fraction of sp³-hybridized carbons (Fsp3) is 0.526. The molecule has 0 spiro atoms. The van der Waals surface area contributed by atoms with Crippen LogP contribution in [0.5, 0.6) is 0 Å². The van der Waals surface area contributed by atoms with E-state index >= 15 is 0 Å². The quantitative estimate of drug-likeness (QED) is 0.924. The Morgan fingerprint density at radius 3 is 2.72 bits per heavy atom. The van der Waals surface area contributed by atoms with Crippen LogP contribution in [-0.2, 0) is 4.79 Å². The summed E-state index contributed by atoms with van der Waals surface area (Å²) in [6.07, 6.45) is 5.72. The predicted molar refractivity (Wildman–Crippen MR) is 98.4 cm³/mol. The number of likely N-dealkylation sites (tertiary alicyclic amines) is 1. The number of rotatable bonds is 3. The van der Waals surface area contributed by atoms with Gasteiger partial charge in [0.15, 0.2) is 0 Å². The van der Waals surface area contributed by atoms with Gasteiger partial charge in [-0.05, 0) is 51.3 Å². The number of piperidine rings is 1. The normalized spacial score (nSPS) is 22.6. The van der Waals surface area contributed by atoms with Gasteiger partial charge >= 0.3 is 0 Å². The molecular weight excluding hydrogens is 314 g/mol. The van der Waals surface area contributed by atoms with Crippen LogP contribution in [0.2, 0.25) is 0 Å². The third-order valence-electron chi connectivity index (χ3n) is 5.63. The number of aryl methyl sites for hydroxylation is 1. The van der Waals surface area contributed by atoms with Crippen molar-refractivity contribution in [1.29, 1.82) is 0 Å². The van der Waals surface area contributed by atoms with Crippen LogP contribution in [0.3, 0.4) is 0 Å². The Kier molecular flexibility index (Phi) is 4.29. The van der Waals surface area contributed by atoms with Crippen LogP contribution in [0.15, 0.2) is 24.5 Å². The number of nitrogens with two attached hydrogens (primary N) is 1. The van der Waals surface area contributed by atoms with E-state index in [4.69, 9.17) is 5.73 Å². The second-order valence-electron chi connectivity index (χ2n) is 7.23. The zero-order valence-corrected chi connectivity index (χ0v) is 14.7. The summed E-state index contributed by atoms with van der Waals surface area (Å²) in [5, 5.41) is 1.12. The SMILES string of the molecule is Cc1ccc2ncnc(N3CCC(N4CCCC4C(N)=O)CC3)c2c1. The molecular formula is C19H25N5O. The highest BCUT2D eigenvalue weighted by atomic mass is 16.1. The zero-order chi connectivity index (χ0) is 17.4. The largest absolute Gasteiger partial charge is 0.368 e. The maximum Gasteiger partial charge on any atom is 0.234 e. The number of fused-ring (bicyclic) bond motifs is 1. The zero-order valence-electron chi connectivity index (χ0n) is 14.7. The van der Waals surface area contributed by atoms with Gasteiger partial charge in [-0.2, -0.15) is 0 Å². The van der Waals surface area contributed by atoms with Crippen LogP contribution < -0.4 is 10.6 Å². The first-order valence-electron chi connectivity index (χ1n) is 9.15. The van der Waals surface area contributed by atoms with Crippen molar-refractivity contribution in [3.8, 4) is 0 Å². The molecule has 2 aliphatic heterocycles. The van der Waals surface area contributed by atoms with Crippen LogP contribution >= 0.6 is 0 Å². The highest BCUT2D eigenvalue weighted by molar-refractivity contribution is 5.89. The van der Waals surface area contributed by atoms with E-state index in [0.29, 0.717) is 6.04 Å². The first-order valence-corrected chi connectivity index (χ1v) is 9.15. The van der Waals surface area contributed by atoms with Crippen LogP contribution in [0, 0.1) is 6.92 Å². The van der Waals surface area contributed by atoms with E-state index in [1.807, 2.05) is 0 Å². The molecule has 2 aliphatic rings. The first-order chi connectivity index (χ1) is 12.1. The minimum Gasteiger partial charge on any atom is -0.368 e. The summed E-state index contributed by atoms with van der Waals surface area (Å²) in [7, 11) is 0. The van der Waals surface area contributed by atoms with Crippen molar-refractivity contribution in [2.24, 2.45) is 5.73 Å². The van der Waals surface area contributed by atoms with E-state index in [0.717, 1.165) is 62.0 Å². The van der Waals surface area contributed by atoms with Crippen molar-refractivity contribution in [2.75, 3.05) is 24.5 Å². The Morgan fingerprint density at radius 2 is 1.96 bits per heavy atom. The van der Waals surface area contributed by atoms with Crippen molar-refractivity contribution in [2.45, 2.75) is 44.7 Å². The van der Waals surface area contributed by atoms with Crippen molar-refractivity contribution in [3.63, 3.8) is 0 Å². The van der Waals surface area contributed by atoms with Crippen LogP contribution in [-0.4, -0.2) is 52.5 Å². The van der Waals surface area contributed by atoms with Crippen molar-refractivity contribution < 1.29 is 4.79 Å². The predicted octanol–water partition coefficient (Wildman–Crippen LogP) is 1.86. The van der Waals surface area contributed by atoms with Crippen molar-refractivity contribution >= 4 is 22.6 Å². The molecule has 1 aromatic heterocycles. The summed E-state index contributed by atoms with van der Waals surface area (Å²) in [6.45, 7) is 4.99. The summed E-state index contributed by atoms with van der Waals surface area (Å²) < 4.78 is 0.